The topological polar surface area (TPSA) is 107 Å². The van der Waals surface area contributed by atoms with Gasteiger partial charge in [-0.25, -0.2) is 19.2 Å². The second-order valence-corrected chi connectivity index (χ2v) is 3.99. The van der Waals surface area contributed by atoms with Gasteiger partial charge in [-0.3, -0.25) is 0 Å². The molecule has 0 unspecified atom stereocenters. The number of allylic oxidation sites excluding steroid dienone is 4. The quantitative estimate of drug-likeness (QED) is 0.451. The molecule has 7 heteroatoms. The van der Waals surface area contributed by atoms with Crippen LogP contribution in [-0.2, 0) is 28.7 Å². The maximum atomic E-state index is 11.4. The Kier molecular flexibility index (Phi) is 5.85. The van der Waals surface area contributed by atoms with Gasteiger partial charge in [0.15, 0.2) is 6.61 Å². The van der Waals surface area contributed by atoms with Crippen molar-refractivity contribution in [1.82, 2.24) is 0 Å². The molecule has 0 fully saturated rings. The van der Waals surface area contributed by atoms with E-state index in [1.807, 2.05) is 0 Å². The lowest BCUT2D eigenvalue weighted by atomic mass is 10.1. The number of hydrogen-bond acceptors (Lipinski definition) is 6. The van der Waals surface area contributed by atoms with Crippen molar-refractivity contribution in [2.75, 3.05) is 6.61 Å². The van der Waals surface area contributed by atoms with E-state index in [4.69, 9.17) is 9.84 Å². The van der Waals surface area contributed by atoms with Crippen LogP contribution >= 0.6 is 0 Å². The fourth-order valence-electron chi connectivity index (χ4n) is 1.32. The van der Waals surface area contributed by atoms with E-state index in [9.17, 15) is 19.2 Å². The third-order valence-corrected chi connectivity index (χ3v) is 2.32. The summed E-state index contributed by atoms with van der Waals surface area (Å²) in [7, 11) is 0. The molecule has 1 aliphatic carbocycles. The summed E-state index contributed by atoms with van der Waals surface area (Å²) in [5.41, 5.74) is 0.281. The fraction of sp³-hybridized carbons (Fsp3) is 0.214. The molecule has 0 aromatic heterocycles. The zero-order valence-electron chi connectivity index (χ0n) is 11.1. The molecule has 21 heavy (non-hydrogen) atoms. The Morgan fingerprint density at radius 2 is 2.10 bits per heavy atom. The van der Waals surface area contributed by atoms with Crippen LogP contribution < -0.4 is 0 Å². The summed E-state index contributed by atoms with van der Waals surface area (Å²) in [6.07, 6.45) is 5.35. The van der Waals surface area contributed by atoms with Crippen LogP contribution in [0.2, 0.25) is 0 Å². The molecule has 0 saturated heterocycles. The third-order valence-electron chi connectivity index (χ3n) is 2.32. The SMILES string of the molecule is C/C(=C/C(=O)O)C(=O)OCC(=O)OC1=CCC(=C=O)C=C1. The van der Waals surface area contributed by atoms with Crippen LogP contribution in [0.4, 0.5) is 0 Å². The van der Waals surface area contributed by atoms with E-state index < -0.39 is 24.5 Å². The third kappa shape index (κ3) is 5.71. The average Bonchev–Trinajstić information content (AvgIpc) is 2.44. The van der Waals surface area contributed by atoms with Gasteiger partial charge in [-0.15, -0.1) is 0 Å². The highest BCUT2D eigenvalue weighted by atomic mass is 16.6. The van der Waals surface area contributed by atoms with Crippen molar-refractivity contribution < 1.29 is 33.8 Å². The molecule has 1 aliphatic rings. The number of carboxylic acids is 1. The zero-order chi connectivity index (χ0) is 15.8. The highest BCUT2D eigenvalue weighted by Gasteiger charge is 2.13. The van der Waals surface area contributed by atoms with Gasteiger partial charge in [-0.1, -0.05) is 0 Å². The number of hydrogen-bond donors (Lipinski definition) is 1. The van der Waals surface area contributed by atoms with E-state index in [1.54, 1.807) is 5.94 Å². The van der Waals surface area contributed by atoms with Crippen molar-refractivity contribution in [3.8, 4) is 0 Å². The highest BCUT2D eigenvalue weighted by molar-refractivity contribution is 5.95. The summed E-state index contributed by atoms with van der Waals surface area (Å²) in [5, 5.41) is 8.45. The van der Waals surface area contributed by atoms with Crippen LogP contribution in [0.5, 0.6) is 0 Å². The van der Waals surface area contributed by atoms with Crippen LogP contribution in [0.15, 0.2) is 41.2 Å². The highest BCUT2D eigenvalue weighted by Crippen LogP contribution is 2.14. The molecule has 1 N–H and O–H groups in total. The summed E-state index contributed by atoms with van der Waals surface area (Å²) in [4.78, 5) is 43.4. The molecule has 0 radical (unpaired) electrons. The normalized spacial score (nSPS) is 14.0. The lowest BCUT2D eigenvalue weighted by molar-refractivity contribution is -0.153. The van der Waals surface area contributed by atoms with Gasteiger partial charge in [0.1, 0.15) is 11.7 Å². The zero-order valence-corrected chi connectivity index (χ0v) is 11.1. The number of carbonyl (C=O) groups excluding carboxylic acids is 3. The van der Waals surface area contributed by atoms with Crippen molar-refractivity contribution in [2.45, 2.75) is 13.3 Å². The minimum atomic E-state index is -1.29. The molecule has 0 bridgehead atoms. The summed E-state index contributed by atoms with van der Waals surface area (Å²) in [6.45, 7) is 0.604. The Morgan fingerprint density at radius 3 is 2.62 bits per heavy atom. The summed E-state index contributed by atoms with van der Waals surface area (Å²) in [5.74, 6) is -1.08. The first-order valence-corrected chi connectivity index (χ1v) is 5.83. The number of ether oxygens (including phenoxy) is 2. The van der Waals surface area contributed by atoms with Gasteiger partial charge in [0.05, 0.1) is 0 Å². The molecule has 0 saturated carbocycles. The molecular weight excluding hydrogens is 280 g/mol. The molecular formula is C14H12O7. The van der Waals surface area contributed by atoms with Gasteiger partial charge in [0, 0.05) is 23.6 Å². The molecule has 1 rings (SSSR count). The van der Waals surface area contributed by atoms with Crippen LogP contribution in [0.3, 0.4) is 0 Å². The Bertz CT molecular complexity index is 601. The first-order valence-electron chi connectivity index (χ1n) is 5.83. The van der Waals surface area contributed by atoms with Crippen LogP contribution in [0.1, 0.15) is 13.3 Å². The van der Waals surface area contributed by atoms with Crippen LogP contribution in [-0.4, -0.2) is 35.6 Å². The molecule has 0 spiro atoms. The summed E-state index contributed by atoms with van der Waals surface area (Å²) in [6, 6.07) is 0. The number of carboxylic acid groups (broad SMARTS) is 1. The molecule has 0 heterocycles. The predicted molar refractivity (Wildman–Crippen MR) is 69.5 cm³/mol. The van der Waals surface area contributed by atoms with E-state index in [2.05, 4.69) is 4.74 Å². The van der Waals surface area contributed by atoms with Crippen molar-refractivity contribution in [3.63, 3.8) is 0 Å². The average molecular weight is 292 g/mol. The molecule has 0 aliphatic heterocycles. The lowest BCUT2D eigenvalue weighted by Gasteiger charge is -2.09. The van der Waals surface area contributed by atoms with Crippen LogP contribution in [0, 0.1) is 0 Å². The number of rotatable bonds is 5. The van der Waals surface area contributed by atoms with Gasteiger partial charge in [0.2, 0.25) is 0 Å². The Hall–Kier alpha value is -2.92. The van der Waals surface area contributed by atoms with E-state index in [0.717, 1.165) is 0 Å². The molecule has 0 aromatic carbocycles. The van der Waals surface area contributed by atoms with Crippen molar-refractivity contribution in [1.29, 1.82) is 0 Å². The lowest BCUT2D eigenvalue weighted by Crippen LogP contribution is -2.17. The largest absolute Gasteiger partial charge is 0.478 e. The molecule has 0 amide bonds. The molecule has 0 aromatic rings. The summed E-state index contributed by atoms with van der Waals surface area (Å²) < 4.78 is 9.46. The standard InChI is InChI=1S/C14H12O7/c1-9(6-12(16)17)14(19)20-8-13(18)21-11-4-2-10(7-15)3-5-11/h2,4-6H,3,8H2,1H3,(H,16,17)/b9-6-. The van der Waals surface area contributed by atoms with Crippen molar-refractivity contribution in [2.24, 2.45) is 0 Å². The van der Waals surface area contributed by atoms with Crippen molar-refractivity contribution in [3.05, 3.63) is 41.2 Å². The van der Waals surface area contributed by atoms with Gasteiger partial charge >= 0.3 is 17.9 Å². The van der Waals surface area contributed by atoms with E-state index >= 15 is 0 Å². The van der Waals surface area contributed by atoms with E-state index in [-0.39, 0.29) is 11.3 Å². The molecule has 110 valence electrons. The van der Waals surface area contributed by atoms with Crippen molar-refractivity contribution >= 4 is 23.8 Å². The Labute approximate surface area is 119 Å². The number of esters is 2. The van der Waals surface area contributed by atoms with Gasteiger partial charge in [-0.05, 0) is 25.2 Å². The fourth-order valence-corrected chi connectivity index (χ4v) is 1.32. The number of aliphatic carboxylic acids is 1. The second-order valence-electron chi connectivity index (χ2n) is 3.99. The maximum Gasteiger partial charge on any atom is 0.349 e. The molecule has 7 nitrogen and oxygen atoms in total. The second kappa shape index (κ2) is 7.62. The Balaban J connectivity index is 2.44. The summed E-state index contributed by atoms with van der Waals surface area (Å²) >= 11 is 0. The maximum absolute atomic E-state index is 11.4. The Morgan fingerprint density at radius 1 is 1.38 bits per heavy atom. The minimum Gasteiger partial charge on any atom is -0.478 e. The number of carbonyl (C=O) groups is 3. The van der Waals surface area contributed by atoms with Gasteiger partial charge < -0.3 is 14.6 Å². The monoisotopic (exact) mass is 292 g/mol. The first kappa shape index (κ1) is 16.1. The molecule has 0 atom stereocenters. The first-order chi connectivity index (χ1) is 9.92. The van der Waals surface area contributed by atoms with Crippen LogP contribution in [0.25, 0.3) is 0 Å². The van der Waals surface area contributed by atoms with Gasteiger partial charge in [0.25, 0.3) is 0 Å². The minimum absolute atomic E-state index is 0.146. The van der Waals surface area contributed by atoms with E-state index in [0.29, 0.717) is 18.1 Å². The van der Waals surface area contributed by atoms with Gasteiger partial charge in [-0.2, -0.15) is 0 Å². The smallest absolute Gasteiger partial charge is 0.349 e. The van der Waals surface area contributed by atoms with E-state index in [1.165, 1.54) is 25.2 Å². The predicted octanol–water partition coefficient (Wildman–Crippen LogP) is 0.706.